The second kappa shape index (κ2) is 10.7. The van der Waals surface area contributed by atoms with Crippen LogP contribution < -0.4 is 0 Å². The molecule has 5 atom stereocenters. The van der Waals surface area contributed by atoms with E-state index in [1.165, 1.54) is 11.3 Å². The van der Waals surface area contributed by atoms with E-state index in [4.69, 9.17) is 4.74 Å². The maximum atomic E-state index is 13.1. The number of nitrogens with zero attached hydrogens (tertiary/aromatic N) is 1. The van der Waals surface area contributed by atoms with Gasteiger partial charge in [0.25, 0.3) is 0 Å². The highest BCUT2D eigenvalue weighted by Crippen LogP contribution is 2.32. The SMILES string of the molecule is C/C1=C/C[C@@H](c2csc(C)n2)OC(=O)C[C@H](O)C(C)(C)C(=O)[C@H](C)C(O)[C@@H](C)/C=C/C1. The maximum absolute atomic E-state index is 13.1. The van der Waals surface area contributed by atoms with E-state index >= 15 is 0 Å². The Kier molecular flexibility index (Phi) is 8.74. The van der Waals surface area contributed by atoms with Gasteiger partial charge in [-0.25, -0.2) is 4.98 Å². The topological polar surface area (TPSA) is 96.7 Å². The summed E-state index contributed by atoms with van der Waals surface area (Å²) in [6.07, 6.45) is 4.14. The molecular formula is C24H35NO5S. The van der Waals surface area contributed by atoms with Crippen LogP contribution in [-0.2, 0) is 14.3 Å². The average molecular weight is 450 g/mol. The van der Waals surface area contributed by atoms with Gasteiger partial charge in [-0.15, -0.1) is 11.3 Å². The van der Waals surface area contributed by atoms with Crippen LogP contribution in [0.1, 0.15) is 70.7 Å². The summed E-state index contributed by atoms with van der Waals surface area (Å²) in [5.74, 6) is -1.77. The predicted molar refractivity (Wildman–Crippen MR) is 122 cm³/mol. The minimum absolute atomic E-state index is 0.219. The molecule has 0 spiro atoms. The Hall–Kier alpha value is -1.83. The fourth-order valence-corrected chi connectivity index (χ4v) is 4.37. The summed E-state index contributed by atoms with van der Waals surface area (Å²) in [7, 11) is 0. The molecule has 1 aliphatic heterocycles. The van der Waals surface area contributed by atoms with E-state index in [9.17, 15) is 19.8 Å². The molecule has 1 aromatic rings. The number of aryl methyl sites for hydroxylation is 1. The molecule has 0 aromatic carbocycles. The van der Waals surface area contributed by atoms with Crippen LogP contribution >= 0.6 is 11.3 Å². The Morgan fingerprint density at radius 3 is 2.48 bits per heavy atom. The van der Waals surface area contributed by atoms with Crippen LogP contribution in [0.5, 0.6) is 0 Å². The number of hydrogen-bond acceptors (Lipinski definition) is 7. The number of cyclic esters (lactones) is 1. The number of aliphatic hydroxyl groups excluding tert-OH is 2. The number of ketones is 1. The normalized spacial score (nSPS) is 33.9. The van der Waals surface area contributed by atoms with Gasteiger partial charge in [0.15, 0.2) is 0 Å². The number of aromatic nitrogens is 1. The van der Waals surface area contributed by atoms with Gasteiger partial charge in [0.2, 0.25) is 0 Å². The van der Waals surface area contributed by atoms with Crippen LogP contribution in [0, 0.1) is 24.2 Å². The molecule has 6 nitrogen and oxygen atoms in total. The fourth-order valence-electron chi connectivity index (χ4n) is 3.71. The lowest BCUT2D eigenvalue weighted by Crippen LogP contribution is -2.45. The molecular weight excluding hydrogens is 414 g/mol. The zero-order valence-electron chi connectivity index (χ0n) is 19.3. The second-order valence-corrected chi connectivity index (χ2v) is 10.2. The van der Waals surface area contributed by atoms with Crippen LogP contribution in [0.2, 0.25) is 0 Å². The molecule has 2 N–H and O–H groups in total. The molecule has 172 valence electrons. The maximum Gasteiger partial charge on any atom is 0.309 e. The van der Waals surface area contributed by atoms with Crippen molar-refractivity contribution in [3.63, 3.8) is 0 Å². The monoisotopic (exact) mass is 449 g/mol. The quantitative estimate of drug-likeness (QED) is 0.490. The van der Waals surface area contributed by atoms with E-state index in [2.05, 4.69) is 4.98 Å². The first-order valence-corrected chi connectivity index (χ1v) is 11.7. The molecule has 1 unspecified atom stereocenters. The molecule has 7 heteroatoms. The number of ether oxygens (including phenoxy) is 1. The third-order valence-electron chi connectivity index (χ3n) is 6.09. The number of hydrogen-bond donors (Lipinski definition) is 2. The lowest BCUT2D eigenvalue weighted by atomic mass is 9.73. The first-order valence-electron chi connectivity index (χ1n) is 10.8. The lowest BCUT2D eigenvalue weighted by molar-refractivity contribution is -0.156. The van der Waals surface area contributed by atoms with Crippen LogP contribution in [0.3, 0.4) is 0 Å². The van der Waals surface area contributed by atoms with E-state index in [1.54, 1.807) is 20.8 Å². The molecule has 1 aliphatic rings. The van der Waals surface area contributed by atoms with Gasteiger partial charge in [0.05, 0.1) is 34.7 Å². The van der Waals surface area contributed by atoms with Crippen molar-refractivity contribution in [2.75, 3.05) is 0 Å². The molecule has 2 rings (SSSR count). The van der Waals surface area contributed by atoms with Crippen molar-refractivity contribution in [2.24, 2.45) is 17.3 Å². The molecule has 0 amide bonds. The first kappa shape index (κ1) is 25.4. The number of allylic oxidation sites excluding steroid dienone is 2. The standard InChI is InChI=1S/C24H35NO5S/c1-14-8-7-9-15(2)22(28)16(3)23(29)24(5,6)20(26)12-21(27)30-19(11-10-14)18-13-31-17(4)25-18/h7,9-10,13,15-16,19-20,22,26,28H,8,11-12H2,1-6H3/b9-7+,14-10-/t15-,16+,19-,20-,22?/m0/s1. The smallest absolute Gasteiger partial charge is 0.309 e. The average Bonchev–Trinajstić information content (AvgIpc) is 3.14. The molecule has 0 radical (unpaired) electrons. The zero-order chi connectivity index (χ0) is 23.3. The lowest BCUT2D eigenvalue weighted by Gasteiger charge is -2.34. The van der Waals surface area contributed by atoms with Crippen LogP contribution in [0.15, 0.2) is 29.2 Å². The number of esters is 1. The van der Waals surface area contributed by atoms with Crippen LogP contribution in [0.4, 0.5) is 0 Å². The van der Waals surface area contributed by atoms with Gasteiger partial charge in [-0.05, 0) is 20.3 Å². The van der Waals surface area contributed by atoms with Gasteiger partial charge in [-0.3, -0.25) is 9.59 Å². The van der Waals surface area contributed by atoms with E-state index in [0.29, 0.717) is 18.5 Å². The van der Waals surface area contributed by atoms with E-state index < -0.39 is 35.6 Å². The van der Waals surface area contributed by atoms with E-state index in [-0.39, 0.29) is 18.1 Å². The minimum atomic E-state index is -1.23. The van der Waals surface area contributed by atoms with Gasteiger partial charge in [0, 0.05) is 23.6 Å². The number of carbonyl (C=O) groups is 2. The van der Waals surface area contributed by atoms with Crippen molar-refractivity contribution >= 4 is 23.1 Å². The molecule has 31 heavy (non-hydrogen) atoms. The van der Waals surface area contributed by atoms with Crippen molar-refractivity contribution in [1.29, 1.82) is 0 Å². The molecule has 2 heterocycles. The Morgan fingerprint density at radius 2 is 1.87 bits per heavy atom. The van der Waals surface area contributed by atoms with Gasteiger partial charge < -0.3 is 14.9 Å². The molecule has 0 saturated heterocycles. The number of thiazole rings is 1. The van der Waals surface area contributed by atoms with Crippen molar-refractivity contribution in [3.05, 3.63) is 39.9 Å². The van der Waals surface area contributed by atoms with Crippen molar-refractivity contribution in [2.45, 2.75) is 79.1 Å². The van der Waals surface area contributed by atoms with Crippen LogP contribution in [0.25, 0.3) is 0 Å². The Bertz CT molecular complexity index is 841. The number of rotatable bonds is 1. The van der Waals surface area contributed by atoms with Crippen LogP contribution in [-0.4, -0.2) is 39.2 Å². The van der Waals surface area contributed by atoms with Gasteiger partial charge >= 0.3 is 5.97 Å². The van der Waals surface area contributed by atoms with Crippen molar-refractivity contribution in [3.8, 4) is 0 Å². The summed E-state index contributed by atoms with van der Waals surface area (Å²) in [5, 5.41) is 24.1. The zero-order valence-corrected chi connectivity index (χ0v) is 20.1. The Labute approximate surface area is 189 Å². The third kappa shape index (κ3) is 6.57. The van der Waals surface area contributed by atoms with E-state index in [0.717, 1.165) is 10.6 Å². The summed E-state index contributed by atoms with van der Waals surface area (Å²) in [6, 6.07) is 0. The fraction of sp³-hybridized carbons (Fsp3) is 0.625. The largest absolute Gasteiger partial charge is 0.455 e. The second-order valence-electron chi connectivity index (χ2n) is 9.13. The Balaban J connectivity index is 2.36. The summed E-state index contributed by atoms with van der Waals surface area (Å²) >= 11 is 1.49. The Morgan fingerprint density at radius 1 is 1.19 bits per heavy atom. The summed E-state index contributed by atoms with van der Waals surface area (Å²) in [4.78, 5) is 30.2. The summed E-state index contributed by atoms with van der Waals surface area (Å²) in [5.41, 5.74) is 0.582. The third-order valence-corrected chi connectivity index (χ3v) is 6.88. The summed E-state index contributed by atoms with van der Waals surface area (Å²) in [6.45, 7) is 10.6. The first-order chi connectivity index (χ1) is 14.4. The molecule has 1 aromatic heterocycles. The molecule has 0 aliphatic carbocycles. The molecule has 0 fully saturated rings. The highest BCUT2D eigenvalue weighted by molar-refractivity contribution is 7.09. The highest BCUT2D eigenvalue weighted by Gasteiger charge is 2.42. The van der Waals surface area contributed by atoms with Gasteiger partial charge in [-0.1, -0.05) is 51.5 Å². The number of Topliss-reactive ketones (excluding diaryl/α,β-unsaturated/α-hetero) is 1. The van der Waals surface area contributed by atoms with Gasteiger partial charge in [-0.2, -0.15) is 0 Å². The molecule has 0 saturated carbocycles. The number of aliphatic hydroxyl groups is 2. The minimum Gasteiger partial charge on any atom is -0.455 e. The van der Waals surface area contributed by atoms with Crippen molar-refractivity contribution in [1.82, 2.24) is 4.98 Å². The predicted octanol–water partition coefficient (Wildman–Crippen LogP) is 4.31. The van der Waals surface area contributed by atoms with E-state index in [1.807, 2.05) is 44.4 Å². The molecule has 0 bridgehead atoms. The van der Waals surface area contributed by atoms with Gasteiger partial charge in [0.1, 0.15) is 11.9 Å². The highest BCUT2D eigenvalue weighted by atomic mass is 32.1. The van der Waals surface area contributed by atoms with Crippen molar-refractivity contribution < 1.29 is 24.5 Å². The summed E-state index contributed by atoms with van der Waals surface area (Å²) < 4.78 is 5.68. The number of carbonyl (C=O) groups excluding carboxylic acids is 2.